The van der Waals surface area contributed by atoms with Crippen molar-refractivity contribution in [1.29, 1.82) is 0 Å². The zero-order valence-electron chi connectivity index (χ0n) is 10.2. The van der Waals surface area contributed by atoms with Gasteiger partial charge in [-0.05, 0) is 30.3 Å². The summed E-state index contributed by atoms with van der Waals surface area (Å²) in [7, 11) is 1.52. The van der Waals surface area contributed by atoms with Gasteiger partial charge in [0.1, 0.15) is 5.75 Å². The number of thiol groups is 1. The van der Waals surface area contributed by atoms with E-state index >= 15 is 0 Å². The predicted molar refractivity (Wildman–Crippen MR) is 79.7 cm³/mol. The van der Waals surface area contributed by atoms with Crippen molar-refractivity contribution in [1.82, 2.24) is 0 Å². The summed E-state index contributed by atoms with van der Waals surface area (Å²) >= 11 is 10.1. The Balaban J connectivity index is 2.19. The molecule has 0 heterocycles. The quantitative estimate of drug-likeness (QED) is 0.843. The van der Waals surface area contributed by atoms with Gasteiger partial charge in [-0.15, -0.1) is 12.6 Å². The first-order valence-electron chi connectivity index (χ1n) is 5.54. The fourth-order valence-corrected chi connectivity index (χ4v) is 2.01. The number of amides is 1. The standard InChI is InChI=1S/C14H12ClNO2S/c1-18-13-8-10(5-6-12(13)15)16-14(17)9-3-2-4-11(19)7-9/h2-8,19H,1H3,(H,16,17). The number of anilines is 1. The van der Waals surface area contributed by atoms with Gasteiger partial charge in [-0.25, -0.2) is 0 Å². The zero-order chi connectivity index (χ0) is 13.8. The highest BCUT2D eigenvalue weighted by Gasteiger charge is 2.08. The van der Waals surface area contributed by atoms with E-state index in [4.69, 9.17) is 16.3 Å². The maximum absolute atomic E-state index is 12.0. The second-order valence-electron chi connectivity index (χ2n) is 3.85. The van der Waals surface area contributed by atoms with E-state index in [0.29, 0.717) is 22.0 Å². The molecule has 2 aromatic carbocycles. The van der Waals surface area contributed by atoms with E-state index < -0.39 is 0 Å². The number of carbonyl (C=O) groups is 1. The second kappa shape index (κ2) is 5.99. The lowest BCUT2D eigenvalue weighted by Crippen LogP contribution is -2.11. The molecule has 0 bridgehead atoms. The number of methoxy groups -OCH3 is 1. The molecular weight excluding hydrogens is 282 g/mol. The molecule has 0 radical (unpaired) electrons. The summed E-state index contributed by atoms with van der Waals surface area (Å²) in [5, 5.41) is 3.27. The summed E-state index contributed by atoms with van der Waals surface area (Å²) in [5.74, 6) is 0.308. The molecule has 2 aromatic rings. The van der Waals surface area contributed by atoms with E-state index in [1.807, 2.05) is 6.07 Å². The van der Waals surface area contributed by atoms with Crippen molar-refractivity contribution in [2.24, 2.45) is 0 Å². The van der Waals surface area contributed by atoms with Crippen molar-refractivity contribution >= 4 is 35.8 Å². The monoisotopic (exact) mass is 293 g/mol. The van der Waals surface area contributed by atoms with Crippen LogP contribution >= 0.6 is 24.2 Å². The fourth-order valence-electron chi connectivity index (χ4n) is 1.59. The SMILES string of the molecule is COc1cc(NC(=O)c2cccc(S)c2)ccc1Cl. The van der Waals surface area contributed by atoms with Crippen LogP contribution in [-0.4, -0.2) is 13.0 Å². The summed E-state index contributed by atoms with van der Waals surface area (Å²) in [6.07, 6.45) is 0. The number of nitrogens with one attached hydrogen (secondary N) is 1. The number of benzene rings is 2. The van der Waals surface area contributed by atoms with Crippen LogP contribution in [0.5, 0.6) is 5.75 Å². The van der Waals surface area contributed by atoms with Crippen LogP contribution in [0.3, 0.4) is 0 Å². The number of halogens is 1. The van der Waals surface area contributed by atoms with Gasteiger partial charge in [0.15, 0.2) is 0 Å². The molecule has 0 aromatic heterocycles. The van der Waals surface area contributed by atoms with Gasteiger partial charge in [0, 0.05) is 22.2 Å². The summed E-state index contributed by atoms with van der Waals surface area (Å²) < 4.78 is 5.10. The first-order chi connectivity index (χ1) is 9.10. The maximum Gasteiger partial charge on any atom is 0.255 e. The lowest BCUT2D eigenvalue weighted by atomic mass is 10.2. The Labute approximate surface area is 122 Å². The lowest BCUT2D eigenvalue weighted by molar-refractivity contribution is 0.102. The van der Waals surface area contributed by atoms with Gasteiger partial charge in [-0.3, -0.25) is 4.79 Å². The summed E-state index contributed by atoms with van der Waals surface area (Å²) in [6, 6.07) is 12.1. The van der Waals surface area contributed by atoms with Gasteiger partial charge >= 0.3 is 0 Å². The molecule has 1 N–H and O–H groups in total. The molecule has 0 aliphatic heterocycles. The molecule has 0 saturated carbocycles. The Kier molecular flexibility index (Phi) is 4.35. The molecule has 0 atom stereocenters. The normalized spacial score (nSPS) is 10.1. The molecule has 19 heavy (non-hydrogen) atoms. The van der Waals surface area contributed by atoms with E-state index in [9.17, 15) is 4.79 Å². The van der Waals surface area contributed by atoms with Crippen molar-refractivity contribution < 1.29 is 9.53 Å². The van der Waals surface area contributed by atoms with Crippen LogP contribution in [0.2, 0.25) is 5.02 Å². The van der Waals surface area contributed by atoms with Gasteiger partial charge in [0.05, 0.1) is 12.1 Å². The molecule has 2 rings (SSSR count). The van der Waals surface area contributed by atoms with Crippen LogP contribution in [0, 0.1) is 0 Å². The topological polar surface area (TPSA) is 38.3 Å². The van der Waals surface area contributed by atoms with Crippen molar-refractivity contribution in [2.45, 2.75) is 4.90 Å². The molecule has 0 fully saturated rings. The van der Waals surface area contributed by atoms with Gasteiger partial charge in [-0.1, -0.05) is 17.7 Å². The fraction of sp³-hybridized carbons (Fsp3) is 0.0714. The summed E-state index contributed by atoms with van der Waals surface area (Å²) in [4.78, 5) is 12.8. The van der Waals surface area contributed by atoms with Crippen LogP contribution in [-0.2, 0) is 0 Å². The highest BCUT2D eigenvalue weighted by Crippen LogP contribution is 2.27. The highest BCUT2D eigenvalue weighted by atomic mass is 35.5. The van der Waals surface area contributed by atoms with E-state index in [2.05, 4.69) is 17.9 Å². The minimum Gasteiger partial charge on any atom is -0.495 e. The third kappa shape index (κ3) is 3.43. The Morgan fingerprint density at radius 3 is 2.74 bits per heavy atom. The van der Waals surface area contributed by atoms with Crippen LogP contribution in [0.15, 0.2) is 47.4 Å². The average molecular weight is 294 g/mol. The Bertz CT molecular complexity index is 616. The molecular formula is C14H12ClNO2S. The number of ether oxygens (including phenoxy) is 1. The van der Waals surface area contributed by atoms with Crippen LogP contribution in [0.1, 0.15) is 10.4 Å². The zero-order valence-corrected chi connectivity index (χ0v) is 11.8. The minimum absolute atomic E-state index is 0.208. The number of hydrogen-bond donors (Lipinski definition) is 2. The van der Waals surface area contributed by atoms with Crippen molar-refractivity contribution in [3.63, 3.8) is 0 Å². The van der Waals surface area contributed by atoms with Gasteiger partial charge in [-0.2, -0.15) is 0 Å². The second-order valence-corrected chi connectivity index (χ2v) is 4.78. The first kappa shape index (κ1) is 13.8. The number of carbonyl (C=O) groups excluding carboxylic acids is 1. The van der Waals surface area contributed by atoms with Crippen molar-refractivity contribution in [3.05, 3.63) is 53.1 Å². The molecule has 98 valence electrons. The summed E-state index contributed by atoms with van der Waals surface area (Å²) in [6.45, 7) is 0. The van der Waals surface area contributed by atoms with E-state index in [1.165, 1.54) is 7.11 Å². The molecule has 1 amide bonds. The largest absolute Gasteiger partial charge is 0.495 e. The number of rotatable bonds is 3. The first-order valence-corrected chi connectivity index (χ1v) is 6.36. The van der Waals surface area contributed by atoms with Gasteiger partial charge < -0.3 is 10.1 Å². The molecule has 0 aliphatic rings. The van der Waals surface area contributed by atoms with Crippen molar-refractivity contribution in [2.75, 3.05) is 12.4 Å². The van der Waals surface area contributed by atoms with E-state index in [0.717, 1.165) is 4.90 Å². The third-order valence-corrected chi connectivity index (χ3v) is 3.11. The molecule has 5 heteroatoms. The molecule has 0 aliphatic carbocycles. The van der Waals surface area contributed by atoms with Crippen LogP contribution in [0.4, 0.5) is 5.69 Å². The average Bonchev–Trinajstić information content (AvgIpc) is 2.41. The maximum atomic E-state index is 12.0. The summed E-state index contributed by atoms with van der Waals surface area (Å²) in [5.41, 5.74) is 1.16. The molecule has 0 saturated heterocycles. The lowest BCUT2D eigenvalue weighted by Gasteiger charge is -2.08. The van der Waals surface area contributed by atoms with E-state index in [1.54, 1.807) is 36.4 Å². The van der Waals surface area contributed by atoms with Crippen LogP contribution < -0.4 is 10.1 Å². The van der Waals surface area contributed by atoms with E-state index in [-0.39, 0.29) is 5.91 Å². The smallest absolute Gasteiger partial charge is 0.255 e. The predicted octanol–water partition coefficient (Wildman–Crippen LogP) is 3.89. The number of hydrogen-bond acceptors (Lipinski definition) is 3. The molecule has 3 nitrogen and oxygen atoms in total. The Morgan fingerprint density at radius 2 is 2.05 bits per heavy atom. The minimum atomic E-state index is -0.208. The van der Waals surface area contributed by atoms with Gasteiger partial charge in [0.2, 0.25) is 0 Å². The Morgan fingerprint density at radius 1 is 1.26 bits per heavy atom. The molecule has 0 unspecified atom stereocenters. The van der Waals surface area contributed by atoms with Crippen molar-refractivity contribution in [3.8, 4) is 5.75 Å². The molecule has 0 spiro atoms. The Hall–Kier alpha value is -1.65. The highest BCUT2D eigenvalue weighted by molar-refractivity contribution is 7.80. The van der Waals surface area contributed by atoms with Crippen LogP contribution in [0.25, 0.3) is 0 Å². The third-order valence-electron chi connectivity index (χ3n) is 2.52. The van der Waals surface area contributed by atoms with Gasteiger partial charge in [0.25, 0.3) is 5.91 Å².